The molecule has 4 N–H and O–H groups in total. The molecule has 0 spiro atoms. The van der Waals surface area contributed by atoms with Crippen LogP contribution in [0.4, 0.5) is 11.4 Å². The Labute approximate surface area is 282 Å². The fraction of sp³-hybridized carbons (Fsp3) is 0.200. The van der Waals surface area contributed by atoms with E-state index in [-0.39, 0.29) is 31.9 Å². The number of benzene rings is 2. The number of hydrogen-bond donors (Lipinski definition) is 3. The highest BCUT2D eigenvalue weighted by atomic mass is 127. The van der Waals surface area contributed by atoms with Crippen molar-refractivity contribution < 1.29 is 29.4 Å². The maximum absolute atomic E-state index is 14.0. The van der Waals surface area contributed by atoms with Gasteiger partial charge in [-0.1, -0.05) is 0 Å². The molecule has 0 unspecified atom stereocenters. The Morgan fingerprint density at radius 1 is 0.886 bits per heavy atom. The first kappa shape index (κ1) is 32.0. The molecule has 35 heavy (non-hydrogen) atoms. The lowest BCUT2D eigenvalue weighted by Gasteiger charge is -2.28. The summed E-state index contributed by atoms with van der Waals surface area (Å²) in [6, 6.07) is 1.72. The molecule has 0 heterocycles. The van der Waals surface area contributed by atoms with Gasteiger partial charge in [-0.3, -0.25) is 14.4 Å². The van der Waals surface area contributed by atoms with Gasteiger partial charge < -0.3 is 20.8 Å². The number of rotatable bonds is 6. The Morgan fingerprint density at radius 3 is 1.89 bits per heavy atom. The fourth-order valence-electron chi connectivity index (χ4n) is 3.01. The first-order chi connectivity index (χ1) is 16.2. The Morgan fingerprint density at radius 2 is 1.43 bits per heavy atom. The number of aromatic carboxylic acids is 1. The van der Waals surface area contributed by atoms with E-state index in [0.29, 0.717) is 20.0 Å². The summed E-state index contributed by atoms with van der Waals surface area (Å²) in [7, 11) is 1.59. The number of nitrogens with two attached hydrogens (primary N) is 1. The topological polar surface area (TPSA) is 141 Å². The van der Waals surface area contributed by atoms with E-state index in [1.807, 2.05) is 90.4 Å². The number of aliphatic hydroxyl groups is 1. The van der Waals surface area contributed by atoms with Crippen LogP contribution in [0.2, 0.25) is 0 Å². The van der Waals surface area contributed by atoms with Crippen LogP contribution in [0.3, 0.4) is 0 Å². The monoisotopic (exact) mass is 1150 g/mol. The van der Waals surface area contributed by atoms with E-state index < -0.39 is 30.9 Å². The molecule has 0 aliphatic rings. The Hall–Kier alpha value is 0.820. The molecular formula is C20H15I6N3O6. The second-order valence-electron chi connectivity index (χ2n) is 6.80. The molecule has 0 radical (unpaired) electrons. The molecule has 0 saturated carbocycles. The molecule has 2 rings (SSSR count). The molecule has 3 amide bonds. The zero-order valence-electron chi connectivity index (χ0n) is 17.8. The van der Waals surface area contributed by atoms with Gasteiger partial charge in [0.15, 0.2) is 0 Å². The zero-order valence-corrected chi connectivity index (χ0v) is 30.7. The summed E-state index contributed by atoms with van der Waals surface area (Å²) < 4.78 is 2.55. The van der Waals surface area contributed by atoms with Gasteiger partial charge in [0.2, 0.25) is 11.8 Å². The number of anilines is 2. The number of carboxylic acids is 1. The number of aliphatic hydroxyl groups excluding tert-OH is 1. The van der Waals surface area contributed by atoms with Crippen molar-refractivity contribution in [2.45, 2.75) is 13.5 Å². The van der Waals surface area contributed by atoms with E-state index in [4.69, 9.17) is 5.73 Å². The van der Waals surface area contributed by atoms with Crippen LogP contribution >= 0.6 is 136 Å². The standard InChI is InChI=1S/C20H15I6N3O6/c1-6(31)28(2)17-9(22)3-8(21)11(15(17)25)19(33)29(10(32)4-27)18-14(24)7(5-30)13(23)12(16(18)26)20(34)35/h3,30H,4-5,27H2,1-2H3,(H,34,35). The van der Waals surface area contributed by atoms with Gasteiger partial charge in [0.25, 0.3) is 5.91 Å². The lowest BCUT2D eigenvalue weighted by Crippen LogP contribution is -2.43. The number of carbonyl (C=O) groups is 4. The van der Waals surface area contributed by atoms with Gasteiger partial charge in [-0.05, 0) is 142 Å². The number of hydrogen-bond acceptors (Lipinski definition) is 6. The van der Waals surface area contributed by atoms with Gasteiger partial charge in [-0.15, -0.1) is 0 Å². The summed E-state index contributed by atoms with van der Waals surface area (Å²) in [6.45, 7) is 0.389. The van der Waals surface area contributed by atoms with E-state index in [0.717, 1.165) is 8.47 Å². The molecule has 188 valence electrons. The van der Waals surface area contributed by atoms with Crippen LogP contribution in [0.1, 0.15) is 33.2 Å². The van der Waals surface area contributed by atoms with Gasteiger partial charge in [-0.2, -0.15) is 0 Å². The van der Waals surface area contributed by atoms with Crippen molar-refractivity contribution in [3.63, 3.8) is 0 Å². The summed E-state index contributed by atoms with van der Waals surface area (Å²) in [6.07, 6.45) is 0. The quantitative estimate of drug-likeness (QED) is 0.359. The second kappa shape index (κ2) is 13.3. The molecule has 2 aromatic carbocycles. The average molecular weight is 1150 g/mol. The van der Waals surface area contributed by atoms with Crippen molar-refractivity contribution in [1.82, 2.24) is 0 Å². The molecule has 0 aromatic heterocycles. The number of halogens is 6. The Bertz CT molecular complexity index is 1270. The smallest absolute Gasteiger partial charge is 0.337 e. The molecule has 15 heteroatoms. The van der Waals surface area contributed by atoms with E-state index in [1.165, 1.54) is 11.8 Å². The number of imide groups is 1. The highest BCUT2D eigenvalue weighted by Gasteiger charge is 2.35. The van der Waals surface area contributed by atoms with Crippen molar-refractivity contribution in [3.8, 4) is 0 Å². The maximum Gasteiger partial charge on any atom is 0.337 e. The first-order valence-electron chi connectivity index (χ1n) is 9.25. The lowest BCUT2D eigenvalue weighted by molar-refractivity contribution is -0.117. The molecule has 0 atom stereocenters. The van der Waals surface area contributed by atoms with E-state index in [1.54, 1.807) is 35.7 Å². The highest BCUT2D eigenvalue weighted by molar-refractivity contribution is 14.1. The third-order valence-corrected chi connectivity index (χ3v) is 10.9. The van der Waals surface area contributed by atoms with Gasteiger partial charge in [0.05, 0.1) is 42.8 Å². The fourth-order valence-corrected chi connectivity index (χ4v) is 12.0. The van der Waals surface area contributed by atoms with Gasteiger partial charge in [0.1, 0.15) is 0 Å². The van der Waals surface area contributed by atoms with E-state index in [2.05, 4.69) is 22.6 Å². The molecule has 0 bridgehead atoms. The molecule has 9 nitrogen and oxygen atoms in total. The predicted molar refractivity (Wildman–Crippen MR) is 182 cm³/mol. The highest BCUT2D eigenvalue weighted by Crippen LogP contribution is 2.40. The molecule has 0 saturated heterocycles. The van der Waals surface area contributed by atoms with Crippen molar-refractivity contribution in [3.05, 3.63) is 44.2 Å². The predicted octanol–water partition coefficient (Wildman–Crippen LogP) is 4.62. The molecular weight excluding hydrogens is 1140 g/mol. The van der Waals surface area contributed by atoms with Crippen LogP contribution in [0.25, 0.3) is 0 Å². The van der Waals surface area contributed by atoms with Gasteiger partial charge in [-0.25, -0.2) is 9.69 Å². The minimum Gasteiger partial charge on any atom is -0.478 e. The SMILES string of the molecule is CC(=O)N(C)c1c(I)cc(I)c(C(=O)N(C(=O)CN)c2c(I)c(CO)c(I)c(C(=O)O)c2I)c1I. The molecule has 0 aliphatic carbocycles. The van der Waals surface area contributed by atoms with Crippen molar-refractivity contribution in [2.24, 2.45) is 5.73 Å². The van der Waals surface area contributed by atoms with Crippen molar-refractivity contribution in [1.29, 1.82) is 0 Å². The minimum absolute atomic E-state index is 0.0418. The first-order valence-corrected chi connectivity index (χ1v) is 15.7. The average Bonchev–Trinajstić information content (AvgIpc) is 2.75. The number of carboxylic acid groups (broad SMARTS) is 1. The van der Waals surface area contributed by atoms with Crippen LogP contribution in [0.5, 0.6) is 0 Å². The summed E-state index contributed by atoms with van der Waals surface area (Å²) >= 11 is 11.5. The Balaban J connectivity index is 2.98. The third-order valence-electron chi connectivity index (χ3n) is 4.77. The van der Waals surface area contributed by atoms with Crippen LogP contribution in [-0.4, -0.2) is 47.5 Å². The normalized spacial score (nSPS) is 10.8. The molecule has 0 aliphatic heterocycles. The maximum atomic E-state index is 14.0. The minimum atomic E-state index is -1.26. The number of amides is 3. The number of carbonyl (C=O) groups excluding carboxylic acids is 3. The van der Waals surface area contributed by atoms with Crippen LogP contribution in [-0.2, 0) is 16.2 Å². The molecule has 0 fully saturated rings. The second-order valence-corrected chi connectivity index (χ2v) is 13.4. The van der Waals surface area contributed by atoms with E-state index in [9.17, 15) is 29.4 Å². The van der Waals surface area contributed by atoms with E-state index >= 15 is 0 Å². The van der Waals surface area contributed by atoms with Crippen molar-refractivity contribution in [2.75, 3.05) is 23.4 Å². The van der Waals surface area contributed by atoms with Crippen molar-refractivity contribution >= 4 is 171 Å². The summed E-state index contributed by atoms with van der Waals surface area (Å²) in [5, 5.41) is 19.8. The number of nitrogens with zero attached hydrogens (tertiary/aromatic N) is 2. The summed E-state index contributed by atoms with van der Waals surface area (Å²) in [5.74, 6) is -2.97. The zero-order chi connectivity index (χ0) is 26.9. The van der Waals surface area contributed by atoms with Crippen LogP contribution < -0.4 is 15.5 Å². The lowest BCUT2D eigenvalue weighted by atomic mass is 10.1. The Kier molecular flexibility index (Phi) is 12.1. The van der Waals surface area contributed by atoms with Crippen LogP contribution in [0.15, 0.2) is 6.07 Å². The van der Waals surface area contributed by atoms with Crippen LogP contribution in [0, 0.1) is 21.4 Å². The van der Waals surface area contributed by atoms with Gasteiger partial charge >= 0.3 is 5.97 Å². The largest absolute Gasteiger partial charge is 0.478 e. The molecule has 2 aromatic rings. The van der Waals surface area contributed by atoms with Gasteiger partial charge in [0, 0.05) is 33.8 Å². The summed E-state index contributed by atoms with van der Waals surface area (Å²) in [5.41, 5.74) is 6.55. The summed E-state index contributed by atoms with van der Waals surface area (Å²) in [4.78, 5) is 53.6. The third kappa shape index (κ3) is 6.36.